The zero-order chi connectivity index (χ0) is 15.4. The van der Waals surface area contributed by atoms with E-state index in [1.807, 2.05) is 6.92 Å². The van der Waals surface area contributed by atoms with Gasteiger partial charge in [0.2, 0.25) is 0 Å². The summed E-state index contributed by atoms with van der Waals surface area (Å²) in [5.74, 6) is -1.31. The molecular weight excluding hydrogens is 303 g/mol. The summed E-state index contributed by atoms with van der Waals surface area (Å²) in [6.07, 6.45) is -0.572. The van der Waals surface area contributed by atoms with Gasteiger partial charge in [-0.15, -0.1) is 0 Å². The molecule has 1 N–H and O–H groups in total. The molecule has 0 fully saturated rings. The van der Waals surface area contributed by atoms with E-state index in [-0.39, 0.29) is 27.1 Å². The minimum Gasteiger partial charge on any atom is -0.479 e. The number of hydrogen-bond acceptors (Lipinski definition) is 3. The maximum atomic E-state index is 12.0. The lowest BCUT2D eigenvalue weighted by molar-refractivity contribution is -0.144. The fourth-order valence-corrected chi connectivity index (χ4v) is 1.84. The van der Waals surface area contributed by atoms with Crippen LogP contribution in [0.15, 0.2) is 24.3 Å². The average molecular weight is 317 g/mol. The highest BCUT2D eigenvalue weighted by Crippen LogP contribution is 2.36. The van der Waals surface area contributed by atoms with Gasteiger partial charge in [-0.2, -0.15) is 0 Å². The summed E-state index contributed by atoms with van der Waals surface area (Å²) in [5.41, 5.74) is 0.634. The van der Waals surface area contributed by atoms with E-state index in [1.54, 1.807) is 0 Å². The van der Waals surface area contributed by atoms with Gasteiger partial charge in [0.15, 0.2) is 11.9 Å². The second-order valence-electron chi connectivity index (χ2n) is 4.12. The molecule has 20 heavy (non-hydrogen) atoms. The Morgan fingerprint density at radius 1 is 1.35 bits per heavy atom. The molecule has 0 aliphatic heterocycles. The van der Waals surface area contributed by atoms with Gasteiger partial charge < -0.3 is 9.84 Å². The molecule has 0 bridgehead atoms. The van der Waals surface area contributed by atoms with Gasteiger partial charge in [-0.1, -0.05) is 36.7 Å². The van der Waals surface area contributed by atoms with E-state index in [1.165, 1.54) is 19.1 Å². The molecule has 0 saturated heterocycles. The molecule has 0 heterocycles. The van der Waals surface area contributed by atoms with Crippen molar-refractivity contribution in [1.82, 2.24) is 0 Å². The lowest BCUT2D eigenvalue weighted by atomic mass is 10.0. The lowest BCUT2D eigenvalue weighted by Gasteiger charge is -2.14. The summed E-state index contributed by atoms with van der Waals surface area (Å²) in [6, 6.07) is 2.87. The molecular formula is C14H14Cl2O4. The number of ketones is 1. The van der Waals surface area contributed by atoms with Crippen LogP contribution in [0.1, 0.15) is 30.6 Å². The summed E-state index contributed by atoms with van der Waals surface area (Å²) in [6.45, 7) is 6.83. The van der Waals surface area contributed by atoms with Crippen molar-refractivity contribution in [3.63, 3.8) is 0 Å². The number of carbonyl (C=O) groups excluding carboxylic acids is 1. The molecule has 0 spiro atoms. The molecule has 0 saturated carbocycles. The number of ether oxygens (including phenoxy) is 1. The van der Waals surface area contributed by atoms with Crippen molar-refractivity contribution < 1.29 is 19.4 Å². The summed E-state index contributed by atoms with van der Waals surface area (Å²) in [4.78, 5) is 22.7. The highest BCUT2D eigenvalue weighted by Gasteiger charge is 2.20. The van der Waals surface area contributed by atoms with Crippen LogP contribution in [0, 0.1) is 0 Å². The molecule has 0 aliphatic rings. The molecule has 1 atom stereocenters. The maximum absolute atomic E-state index is 12.0. The molecule has 0 aromatic heterocycles. The maximum Gasteiger partial charge on any atom is 0.344 e. The van der Waals surface area contributed by atoms with E-state index in [0.29, 0.717) is 12.0 Å². The SMILES string of the molecule is C=C(CC)C(=O)c1ccc(OC(C)C(=O)O)c(Cl)c1Cl. The van der Waals surface area contributed by atoms with Crippen molar-refractivity contribution in [2.75, 3.05) is 0 Å². The van der Waals surface area contributed by atoms with E-state index in [0.717, 1.165) is 0 Å². The Kier molecular flexibility index (Phi) is 5.60. The Balaban J connectivity index is 3.13. The van der Waals surface area contributed by atoms with Crippen molar-refractivity contribution in [2.24, 2.45) is 0 Å². The Morgan fingerprint density at radius 3 is 2.45 bits per heavy atom. The van der Waals surface area contributed by atoms with Crippen LogP contribution in [0.25, 0.3) is 0 Å². The third-order valence-electron chi connectivity index (χ3n) is 2.69. The molecule has 1 aromatic rings. The van der Waals surface area contributed by atoms with Gasteiger partial charge in [-0.3, -0.25) is 4.79 Å². The molecule has 0 aliphatic carbocycles. The Morgan fingerprint density at radius 2 is 1.95 bits per heavy atom. The average Bonchev–Trinajstić information content (AvgIpc) is 2.42. The fourth-order valence-electron chi connectivity index (χ4n) is 1.39. The summed E-state index contributed by atoms with van der Waals surface area (Å²) in [5, 5.41) is 8.82. The van der Waals surface area contributed by atoms with Gasteiger partial charge in [0, 0.05) is 5.56 Å². The van der Waals surface area contributed by atoms with Gasteiger partial charge in [0.1, 0.15) is 10.8 Å². The van der Waals surface area contributed by atoms with Crippen LogP contribution in [0.2, 0.25) is 10.0 Å². The third kappa shape index (κ3) is 3.52. The van der Waals surface area contributed by atoms with Crippen LogP contribution >= 0.6 is 23.2 Å². The predicted octanol–water partition coefficient (Wildman–Crippen LogP) is 3.99. The van der Waals surface area contributed by atoms with Crippen molar-refractivity contribution in [3.05, 3.63) is 39.9 Å². The van der Waals surface area contributed by atoms with Crippen LogP contribution in [0.4, 0.5) is 0 Å². The minimum atomic E-state index is -1.13. The Labute approximate surface area is 126 Å². The summed E-state index contributed by atoms with van der Waals surface area (Å²) in [7, 11) is 0. The zero-order valence-corrected chi connectivity index (χ0v) is 12.6. The van der Waals surface area contributed by atoms with Crippen LogP contribution in [0.3, 0.4) is 0 Å². The second kappa shape index (κ2) is 6.77. The van der Waals surface area contributed by atoms with Gasteiger partial charge in [-0.25, -0.2) is 4.79 Å². The van der Waals surface area contributed by atoms with E-state index in [4.69, 9.17) is 33.0 Å². The lowest BCUT2D eigenvalue weighted by Crippen LogP contribution is -2.23. The smallest absolute Gasteiger partial charge is 0.344 e. The number of carboxylic acids is 1. The highest BCUT2D eigenvalue weighted by atomic mass is 35.5. The number of allylic oxidation sites excluding steroid dienone is 1. The topological polar surface area (TPSA) is 63.6 Å². The molecule has 1 unspecified atom stereocenters. The number of halogens is 2. The first-order valence-corrected chi connectivity index (χ1v) is 6.65. The monoisotopic (exact) mass is 316 g/mol. The number of hydrogen-bond donors (Lipinski definition) is 1. The van der Waals surface area contributed by atoms with E-state index in [2.05, 4.69) is 6.58 Å². The Hall–Kier alpha value is -1.52. The first-order valence-electron chi connectivity index (χ1n) is 5.89. The van der Waals surface area contributed by atoms with Crippen LogP contribution in [-0.2, 0) is 4.79 Å². The number of Topliss-reactive ketones (excluding diaryl/α,β-unsaturated/α-hetero) is 1. The van der Waals surface area contributed by atoms with E-state index >= 15 is 0 Å². The van der Waals surface area contributed by atoms with Crippen LogP contribution in [-0.4, -0.2) is 23.0 Å². The minimum absolute atomic E-state index is 0.00881. The van der Waals surface area contributed by atoms with Gasteiger partial charge >= 0.3 is 5.97 Å². The van der Waals surface area contributed by atoms with Crippen molar-refractivity contribution >= 4 is 35.0 Å². The molecule has 108 valence electrons. The largest absolute Gasteiger partial charge is 0.479 e. The van der Waals surface area contributed by atoms with Crippen LogP contribution < -0.4 is 4.74 Å². The summed E-state index contributed by atoms with van der Waals surface area (Å²) < 4.78 is 5.16. The third-order valence-corrected chi connectivity index (χ3v) is 3.56. The van der Waals surface area contributed by atoms with Gasteiger partial charge in [0.25, 0.3) is 0 Å². The number of carboxylic acid groups (broad SMARTS) is 1. The summed E-state index contributed by atoms with van der Waals surface area (Å²) >= 11 is 12.0. The number of aliphatic carboxylic acids is 1. The highest BCUT2D eigenvalue weighted by molar-refractivity contribution is 6.45. The normalized spacial score (nSPS) is 11.8. The molecule has 1 rings (SSSR count). The number of carbonyl (C=O) groups is 2. The first kappa shape index (κ1) is 16.5. The molecule has 6 heteroatoms. The standard InChI is InChI=1S/C14H14Cl2O4/c1-4-7(2)13(17)9-5-6-10(12(16)11(9)15)20-8(3)14(18)19/h5-6,8H,2,4H2,1,3H3,(H,18,19). The van der Waals surface area contributed by atoms with Gasteiger partial charge in [-0.05, 0) is 31.1 Å². The second-order valence-corrected chi connectivity index (χ2v) is 4.88. The van der Waals surface area contributed by atoms with Crippen molar-refractivity contribution in [2.45, 2.75) is 26.4 Å². The van der Waals surface area contributed by atoms with Crippen molar-refractivity contribution in [1.29, 1.82) is 0 Å². The molecule has 0 radical (unpaired) electrons. The molecule has 0 amide bonds. The number of benzene rings is 1. The van der Waals surface area contributed by atoms with E-state index < -0.39 is 12.1 Å². The first-order chi connectivity index (χ1) is 9.29. The zero-order valence-electron chi connectivity index (χ0n) is 11.1. The molecule has 4 nitrogen and oxygen atoms in total. The van der Waals surface area contributed by atoms with Gasteiger partial charge in [0.05, 0.1) is 5.02 Å². The van der Waals surface area contributed by atoms with Crippen LogP contribution in [0.5, 0.6) is 5.75 Å². The van der Waals surface area contributed by atoms with E-state index in [9.17, 15) is 9.59 Å². The fraction of sp³-hybridized carbons (Fsp3) is 0.286. The van der Waals surface area contributed by atoms with Crippen molar-refractivity contribution in [3.8, 4) is 5.75 Å². The Bertz CT molecular complexity index is 567. The number of rotatable bonds is 6. The molecule has 1 aromatic carbocycles. The predicted molar refractivity (Wildman–Crippen MR) is 77.9 cm³/mol. The quantitative estimate of drug-likeness (QED) is 0.636.